The minimum absolute atomic E-state index is 0.0770. The number of benzene rings is 1. The minimum atomic E-state index is -0.209. The molecular formula is C24H33FN4O. The molecule has 1 aromatic heterocycles. The Morgan fingerprint density at radius 2 is 1.77 bits per heavy atom. The van der Waals surface area contributed by atoms with Crippen molar-refractivity contribution in [3.05, 3.63) is 35.8 Å². The van der Waals surface area contributed by atoms with E-state index < -0.39 is 0 Å². The van der Waals surface area contributed by atoms with E-state index in [9.17, 15) is 9.18 Å². The second kappa shape index (κ2) is 8.31. The van der Waals surface area contributed by atoms with Crippen molar-refractivity contribution < 1.29 is 9.18 Å². The highest BCUT2D eigenvalue weighted by atomic mass is 19.1. The van der Waals surface area contributed by atoms with Crippen LogP contribution in [0.3, 0.4) is 0 Å². The summed E-state index contributed by atoms with van der Waals surface area (Å²) >= 11 is 0. The number of fused-ring (bicyclic) bond motifs is 3. The fourth-order valence-corrected chi connectivity index (χ4v) is 5.73. The summed E-state index contributed by atoms with van der Waals surface area (Å²) in [6.45, 7) is 8.31. The maximum atomic E-state index is 13.6. The Morgan fingerprint density at radius 3 is 2.53 bits per heavy atom. The second-order valence-electron chi connectivity index (χ2n) is 9.29. The van der Waals surface area contributed by atoms with Crippen molar-refractivity contribution in [3.63, 3.8) is 0 Å². The Morgan fingerprint density at radius 1 is 1.00 bits per heavy atom. The molecule has 0 radical (unpaired) electrons. The summed E-state index contributed by atoms with van der Waals surface area (Å²) in [7, 11) is 0. The van der Waals surface area contributed by atoms with E-state index in [2.05, 4.69) is 21.3 Å². The van der Waals surface area contributed by atoms with E-state index in [1.54, 1.807) is 6.07 Å². The summed E-state index contributed by atoms with van der Waals surface area (Å²) in [6, 6.07) is 7.67. The summed E-state index contributed by atoms with van der Waals surface area (Å²) in [5, 5.41) is 0.922. The Labute approximate surface area is 178 Å². The van der Waals surface area contributed by atoms with Gasteiger partial charge in [0.25, 0.3) is 0 Å². The molecule has 6 heteroatoms. The minimum Gasteiger partial charge on any atom is -0.341 e. The van der Waals surface area contributed by atoms with Gasteiger partial charge in [-0.2, -0.15) is 0 Å². The van der Waals surface area contributed by atoms with Gasteiger partial charge in [0.1, 0.15) is 5.82 Å². The standard InChI is InChI=1S/C24H33FN4O/c1-18(26-9-11-27(12-10-26)21-5-3-2-4-6-21)24(30)28-13-14-29-22(17-28)16-19-15-20(25)7-8-23(19)29/h7-8,15-16,18,21H,2-6,9-14,17H2,1H3. The molecule has 1 aromatic carbocycles. The number of rotatable bonds is 3. The molecule has 1 saturated carbocycles. The van der Waals surface area contributed by atoms with Gasteiger partial charge in [0.05, 0.1) is 12.6 Å². The molecule has 0 N–H and O–H groups in total. The molecule has 1 amide bonds. The lowest BCUT2D eigenvalue weighted by molar-refractivity contribution is -0.138. The van der Waals surface area contributed by atoms with Crippen LogP contribution in [0.4, 0.5) is 4.39 Å². The number of hydrogen-bond donors (Lipinski definition) is 0. The van der Waals surface area contributed by atoms with Crippen molar-refractivity contribution in [3.8, 4) is 0 Å². The molecular weight excluding hydrogens is 379 g/mol. The van der Waals surface area contributed by atoms with Crippen molar-refractivity contribution in [2.75, 3.05) is 32.7 Å². The molecule has 2 fully saturated rings. The van der Waals surface area contributed by atoms with Gasteiger partial charge >= 0.3 is 0 Å². The van der Waals surface area contributed by atoms with Crippen LogP contribution in [0.25, 0.3) is 10.9 Å². The smallest absolute Gasteiger partial charge is 0.240 e. The summed E-state index contributed by atoms with van der Waals surface area (Å²) in [5.74, 6) is 0.0168. The first-order valence-electron chi connectivity index (χ1n) is 11.6. The molecule has 1 saturated heterocycles. The fraction of sp³-hybridized carbons (Fsp3) is 0.625. The molecule has 1 aliphatic carbocycles. The lowest BCUT2D eigenvalue weighted by atomic mass is 9.93. The quantitative estimate of drug-likeness (QED) is 0.774. The normalized spacial score (nSPS) is 22.9. The highest BCUT2D eigenvalue weighted by Crippen LogP contribution is 2.26. The SMILES string of the molecule is CC(C(=O)N1CCn2c(cc3cc(F)ccc32)C1)N1CCN(C2CCCCC2)CC1. The topological polar surface area (TPSA) is 31.7 Å². The zero-order valence-corrected chi connectivity index (χ0v) is 18.0. The van der Waals surface area contributed by atoms with E-state index >= 15 is 0 Å². The molecule has 3 aliphatic rings. The van der Waals surface area contributed by atoms with Crippen molar-refractivity contribution in [2.24, 2.45) is 0 Å². The molecule has 1 unspecified atom stereocenters. The van der Waals surface area contributed by atoms with Crippen LogP contribution in [0.1, 0.15) is 44.7 Å². The summed E-state index contributed by atoms with van der Waals surface area (Å²) < 4.78 is 15.8. The van der Waals surface area contributed by atoms with Gasteiger partial charge in [0.15, 0.2) is 0 Å². The first-order valence-corrected chi connectivity index (χ1v) is 11.6. The van der Waals surface area contributed by atoms with Crippen LogP contribution in [-0.4, -0.2) is 70.0 Å². The molecule has 30 heavy (non-hydrogen) atoms. The zero-order valence-electron chi connectivity index (χ0n) is 18.0. The van der Waals surface area contributed by atoms with Gasteiger partial charge in [-0.1, -0.05) is 19.3 Å². The second-order valence-corrected chi connectivity index (χ2v) is 9.29. The van der Waals surface area contributed by atoms with Gasteiger partial charge in [-0.15, -0.1) is 0 Å². The molecule has 5 rings (SSSR count). The number of nitrogens with zero attached hydrogens (tertiary/aromatic N) is 4. The van der Waals surface area contributed by atoms with Crippen molar-refractivity contribution in [1.29, 1.82) is 0 Å². The van der Waals surface area contributed by atoms with Crippen LogP contribution in [0, 0.1) is 5.82 Å². The van der Waals surface area contributed by atoms with Crippen LogP contribution in [0.2, 0.25) is 0 Å². The first kappa shape index (κ1) is 20.0. The highest BCUT2D eigenvalue weighted by Gasteiger charge is 2.32. The maximum absolute atomic E-state index is 13.6. The summed E-state index contributed by atoms with van der Waals surface area (Å²) in [4.78, 5) is 20.3. The average Bonchev–Trinajstić information content (AvgIpc) is 3.15. The van der Waals surface area contributed by atoms with E-state index in [4.69, 9.17) is 0 Å². The van der Waals surface area contributed by atoms with Gasteiger partial charge < -0.3 is 9.47 Å². The molecule has 0 bridgehead atoms. The van der Waals surface area contributed by atoms with Crippen LogP contribution < -0.4 is 0 Å². The molecule has 1 atom stereocenters. The fourth-order valence-electron chi connectivity index (χ4n) is 5.73. The summed E-state index contributed by atoms with van der Waals surface area (Å²) in [6.07, 6.45) is 6.84. The lowest BCUT2D eigenvalue weighted by Gasteiger charge is -2.43. The Kier molecular flexibility index (Phi) is 5.54. The van der Waals surface area contributed by atoms with Gasteiger partial charge in [-0.25, -0.2) is 4.39 Å². The van der Waals surface area contributed by atoms with Crippen molar-refractivity contribution >= 4 is 16.8 Å². The molecule has 5 nitrogen and oxygen atoms in total. The molecule has 2 aromatic rings. The van der Waals surface area contributed by atoms with Crippen molar-refractivity contribution in [2.45, 2.75) is 64.2 Å². The number of hydrogen-bond acceptors (Lipinski definition) is 3. The van der Waals surface area contributed by atoms with Crippen LogP contribution in [0.15, 0.2) is 24.3 Å². The Bertz CT molecular complexity index is 911. The maximum Gasteiger partial charge on any atom is 0.240 e. The Balaban J connectivity index is 1.21. The largest absolute Gasteiger partial charge is 0.341 e. The number of amides is 1. The third kappa shape index (κ3) is 3.76. The lowest BCUT2D eigenvalue weighted by Crippen LogP contribution is -2.56. The number of halogens is 1. The van der Waals surface area contributed by atoms with E-state index in [-0.39, 0.29) is 17.8 Å². The van der Waals surface area contributed by atoms with E-state index in [1.807, 2.05) is 17.0 Å². The van der Waals surface area contributed by atoms with E-state index in [1.165, 1.54) is 38.2 Å². The average molecular weight is 413 g/mol. The third-order valence-corrected chi connectivity index (χ3v) is 7.55. The zero-order chi connectivity index (χ0) is 20.7. The monoisotopic (exact) mass is 412 g/mol. The molecule has 0 spiro atoms. The van der Waals surface area contributed by atoms with Gasteiger partial charge in [-0.05, 0) is 44.0 Å². The number of carbonyl (C=O) groups is 1. The highest BCUT2D eigenvalue weighted by molar-refractivity contribution is 5.84. The van der Waals surface area contributed by atoms with Crippen LogP contribution in [0.5, 0.6) is 0 Å². The molecule has 2 aliphatic heterocycles. The summed E-state index contributed by atoms with van der Waals surface area (Å²) in [5.41, 5.74) is 2.16. The number of aromatic nitrogens is 1. The van der Waals surface area contributed by atoms with Crippen LogP contribution in [-0.2, 0) is 17.9 Å². The van der Waals surface area contributed by atoms with Gasteiger partial charge in [0.2, 0.25) is 5.91 Å². The number of carbonyl (C=O) groups excluding carboxylic acids is 1. The molecule has 162 valence electrons. The number of piperazine rings is 1. The predicted octanol–water partition coefficient (Wildman–Crippen LogP) is 3.46. The Hall–Kier alpha value is -1.92. The predicted molar refractivity (Wildman–Crippen MR) is 117 cm³/mol. The van der Waals surface area contributed by atoms with Crippen molar-refractivity contribution in [1.82, 2.24) is 19.3 Å². The van der Waals surface area contributed by atoms with E-state index in [0.717, 1.165) is 61.9 Å². The molecule has 3 heterocycles. The van der Waals surface area contributed by atoms with Crippen LogP contribution >= 0.6 is 0 Å². The first-order chi connectivity index (χ1) is 14.6. The van der Waals surface area contributed by atoms with E-state index in [0.29, 0.717) is 6.54 Å². The van der Waals surface area contributed by atoms with Gasteiger partial charge in [-0.3, -0.25) is 14.6 Å². The van der Waals surface area contributed by atoms with Gasteiger partial charge in [0, 0.05) is 61.9 Å². The third-order valence-electron chi connectivity index (χ3n) is 7.55.